The SMILES string of the molecule is NCCCNC(=O)CCO.[HH].[HH]. The Morgan fingerprint density at radius 2 is 2.40 bits per heavy atom. The summed E-state index contributed by atoms with van der Waals surface area (Å²) in [6.45, 7) is 1.10. The highest BCUT2D eigenvalue weighted by molar-refractivity contribution is 5.75. The normalized spacial score (nSPS) is 9.40. The fourth-order valence-electron chi connectivity index (χ4n) is 0.520. The first-order valence-corrected chi connectivity index (χ1v) is 3.39. The number of hydrogen-bond donors (Lipinski definition) is 3. The molecule has 0 aromatic heterocycles. The maximum absolute atomic E-state index is 10.6. The lowest BCUT2D eigenvalue weighted by molar-refractivity contribution is -0.121. The predicted molar refractivity (Wildman–Crippen MR) is 42.6 cm³/mol. The zero-order valence-corrected chi connectivity index (χ0v) is 5.97. The van der Waals surface area contributed by atoms with E-state index < -0.39 is 0 Å². The van der Waals surface area contributed by atoms with Crippen LogP contribution in [0.3, 0.4) is 0 Å². The molecule has 0 aliphatic carbocycles. The van der Waals surface area contributed by atoms with Crippen LogP contribution >= 0.6 is 0 Å². The molecule has 64 valence electrons. The zero-order chi connectivity index (χ0) is 7.82. The molecule has 0 aliphatic heterocycles. The second-order valence-corrected chi connectivity index (χ2v) is 1.97. The van der Waals surface area contributed by atoms with Gasteiger partial charge < -0.3 is 16.2 Å². The third-order valence-electron chi connectivity index (χ3n) is 1.04. The molecule has 10 heavy (non-hydrogen) atoms. The van der Waals surface area contributed by atoms with Crippen molar-refractivity contribution in [3.05, 3.63) is 0 Å². The van der Waals surface area contributed by atoms with Gasteiger partial charge >= 0.3 is 0 Å². The number of hydrogen-bond acceptors (Lipinski definition) is 3. The van der Waals surface area contributed by atoms with E-state index in [9.17, 15) is 4.79 Å². The van der Waals surface area contributed by atoms with Crippen molar-refractivity contribution < 1.29 is 12.8 Å². The van der Waals surface area contributed by atoms with Gasteiger partial charge in [-0.25, -0.2) is 0 Å². The molecular formula is C6H18N2O2. The zero-order valence-electron chi connectivity index (χ0n) is 5.97. The molecule has 0 fully saturated rings. The maximum atomic E-state index is 10.6. The highest BCUT2D eigenvalue weighted by atomic mass is 16.3. The number of nitrogens with two attached hydrogens (primary N) is 1. The molecule has 0 saturated carbocycles. The van der Waals surface area contributed by atoms with Gasteiger partial charge in [0.1, 0.15) is 0 Å². The molecule has 0 bridgehead atoms. The summed E-state index contributed by atoms with van der Waals surface area (Å²) in [6.07, 6.45) is 0.974. The molecule has 0 unspecified atom stereocenters. The van der Waals surface area contributed by atoms with Crippen LogP contribution in [0.1, 0.15) is 15.7 Å². The molecule has 4 nitrogen and oxygen atoms in total. The average Bonchev–Trinajstić information content (AvgIpc) is 1.89. The molecular weight excluding hydrogens is 132 g/mol. The molecule has 4 heteroatoms. The molecule has 0 radical (unpaired) electrons. The second-order valence-electron chi connectivity index (χ2n) is 1.97. The van der Waals surface area contributed by atoms with Crippen LogP contribution in [-0.4, -0.2) is 30.7 Å². The molecule has 0 aromatic carbocycles. The second kappa shape index (κ2) is 6.51. The van der Waals surface area contributed by atoms with Crippen molar-refractivity contribution in [1.82, 2.24) is 5.32 Å². The molecule has 0 aliphatic rings. The first kappa shape index (κ1) is 9.39. The minimum absolute atomic E-state index is 0. The molecule has 0 saturated heterocycles. The monoisotopic (exact) mass is 150 g/mol. The van der Waals surface area contributed by atoms with Gasteiger partial charge in [0.25, 0.3) is 0 Å². The molecule has 0 heterocycles. The number of nitrogens with one attached hydrogen (secondary N) is 1. The van der Waals surface area contributed by atoms with Crippen molar-refractivity contribution in [3.8, 4) is 0 Å². The van der Waals surface area contributed by atoms with E-state index in [0.29, 0.717) is 13.1 Å². The van der Waals surface area contributed by atoms with Crippen LogP contribution in [0.25, 0.3) is 0 Å². The molecule has 0 rings (SSSR count). The summed E-state index contributed by atoms with van der Waals surface area (Å²) in [5, 5.41) is 10.9. The van der Waals surface area contributed by atoms with Gasteiger partial charge in [-0.15, -0.1) is 0 Å². The minimum atomic E-state index is -0.115. The molecule has 1 amide bonds. The summed E-state index contributed by atoms with van der Waals surface area (Å²) in [5.74, 6) is -0.115. The van der Waals surface area contributed by atoms with E-state index in [-0.39, 0.29) is 21.8 Å². The number of rotatable bonds is 5. The lowest BCUT2D eigenvalue weighted by atomic mass is 10.4. The first-order chi connectivity index (χ1) is 4.81. The van der Waals surface area contributed by atoms with Crippen LogP contribution in [0.4, 0.5) is 0 Å². The summed E-state index contributed by atoms with van der Waals surface area (Å²) in [5.41, 5.74) is 5.19. The van der Waals surface area contributed by atoms with Gasteiger partial charge in [0.05, 0.1) is 6.61 Å². The van der Waals surface area contributed by atoms with E-state index in [1.807, 2.05) is 0 Å². The van der Waals surface area contributed by atoms with Crippen molar-refractivity contribution in [2.45, 2.75) is 12.8 Å². The Kier molecular flexibility index (Phi) is 6.11. The minimum Gasteiger partial charge on any atom is -0.396 e. The molecule has 0 atom stereocenters. The van der Waals surface area contributed by atoms with E-state index in [1.54, 1.807) is 0 Å². The van der Waals surface area contributed by atoms with Crippen molar-refractivity contribution >= 4 is 5.91 Å². The topological polar surface area (TPSA) is 75.3 Å². The van der Waals surface area contributed by atoms with Gasteiger partial charge in [0.15, 0.2) is 0 Å². The summed E-state index contributed by atoms with van der Waals surface area (Å²) in [4.78, 5) is 10.6. The highest BCUT2D eigenvalue weighted by Crippen LogP contribution is 1.76. The van der Waals surface area contributed by atoms with Gasteiger partial charge in [-0.2, -0.15) is 0 Å². The predicted octanol–water partition coefficient (Wildman–Crippen LogP) is -0.674. The third-order valence-corrected chi connectivity index (χ3v) is 1.04. The van der Waals surface area contributed by atoms with E-state index in [1.165, 1.54) is 0 Å². The van der Waals surface area contributed by atoms with E-state index in [2.05, 4.69) is 5.32 Å². The number of amides is 1. The van der Waals surface area contributed by atoms with Crippen molar-refractivity contribution in [3.63, 3.8) is 0 Å². The van der Waals surface area contributed by atoms with Crippen molar-refractivity contribution in [2.75, 3.05) is 19.7 Å². The van der Waals surface area contributed by atoms with Crippen LogP contribution in [0.5, 0.6) is 0 Å². The van der Waals surface area contributed by atoms with Crippen LogP contribution in [0.2, 0.25) is 0 Å². The van der Waals surface area contributed by atoms with Crippen LogP contribution in [0.15, 0.2) is 0 Å². The smallest absolute Gasteiger partial charge is 0.222 e. The van der Waals surface area contributed by atoms with Gasteiger partial charge in [-0.3, -0.25) is 4.79 Å². The van der Waals surface area contributed by atoms with Crippen LogP contribution < -0.4 is 11.1 Å². The highest BCUT2D eigenvalue weighted by Gasteiger charge is 1.96. The quantitative estimate of drug-likeness (QED) is 0.455. The van der Waals surface area contributed by atoms with E-state index in [0.717, 1.165) is 6.42 Å². The van der Waals surface area contributed by atoms with Crippen molar-refractivity contribution in [2.24, 2.45) is 5.73 Å². The fraction of sp³-hybridized carbons (Fsp3) is 0.833. The largest absolute Gasteiger partial charge is 0.396 e. The Hall–Kier alpha value is -0.610. The van der Waals surface area contributed by atoms with Gasteiger partial charge in [-0.1, -0.05) is 0 Å². The lowest BCUT2D eigenvalue weighted by Crippen LogP contribution is -2.26. The number of aliphatic hydroxyl groups excluding tert-OH is 1. The summed E-state index contributed by atoms with van der Waals surface area (Å²) >= 11 is 0. The Morgan fingerprint density at radius 1 is 1.70 bits per heavy atom. The van der Waals surface area contributed by atoms with E-state index in [4.69, 9.17) is 10.8 Å². The Balaban J connectivity index is -0.000000405. The maximum Gasteiger partial charge on any atom is 0.222 e. The number of aliphatic hydroxyl groups is 1. The standard InChI is InChI=1S/C6H14N2O2.2H2/c7-3-1-4-8-6(10)2-5-9;;/h9H,1-5,7H2,(H,8,10);2*1H. The summed E-state index contributed by atoms with van der Waals surface area (Å²) < 4.78 is 0. The fourth-order valence-corrected chi connectivity index (χ4v) is 0.520. The Morgan fingerprint density at radius 3 is 2.90 bits per heavy atom. The molecule has 0 spiro atoms. The van der Waals surface area contributed by atoms with Crippen LogP contribution in [-0.2, 0) is 4.79 Å². The molecule has 0 aromatic rings. The van der Waals surface area contributed by atoms with E-state index >= 15 is 0 Å². The number of carbonyl (C=O) groups is 1. The van der Waals surface area contributed by atoms with Gasteiger partial charge in [-0.05, 0) is 13.0 Å². The third kappa shape index (κ3) is 5.53. The van der Waals surface area contributed by atoms with Crippen LogP contribution in [0, 0.1) is 0 Å². The van der Waals surface area contributed by atoms with Crippen molar-refractivity contribution in [1.29, 1.82) is 0 Å². The lowest BCUT2D eigenvalue weighted by Gasteiger charge is -2.00. The molecule has 4 N–H and O–H groups in total. The van der Waals surface area contributed by atoms with Gasteiger partial charge in [0, 0.05) is 15.8 Å². The van der Waals surface area contributed by atoms with Gasteiger partial charge in [0.2, 0.25) is 5.91 Å². The summed E-state index contributed by atoms with van der Waals surface area (Å²) in [7, 11) is 0. The Bertz CT molecular complexity index is 104. The average molecular weight is 150 g/mol. The summed E-state index contributed by atoms with van der Waals surface area (Å²) in [6, 6.07) is 0. The Labute approximate surface area is 63.4 Å². The first-order valence-electron chi connectivity index (χ1n) is 3.39. The number of carbonyl (C=O) groups excluding carboxylic acids is 1.